The molecule has 0 saturated carbocycles. The van der Waals surface area contributed by atoms with Gasteiger partial charge in [-0.1, -0.05) is 41.9 Å². The zero-order valence-corrected chi connectivity index (χ0v) is 12.2. The first-order valence-electron chi connectivity index (χ1n) is 5.66. The number of aliphatic hydroxyl groups is 1. The molecule has 0 aliphatic carbocycles. The number of benzene rings is 1. The van der Waals surface area contributed by atoms with E-state index in [1.54, 1.807) is 0 Å². The minimum atomic E-state index is -0.236. The van der Waals surface area contributed by atoms with Crippen molar-refractivity contribution in [3.63, 3.8) is 0 Å². The third-order valence-corrected chi connectivity index (χ3v) is 4.54. The molecule has 2 unspecified atom stereocenters. The van der Waals surface area contributed by atoms with Crippen LogP contribution < -0.4 is 0 Å². The van der Waals surface area contributed by atoms with Crippen molar-refractivity contribution in [2.24, 2.45) is 0 Å². The fourth-order valence-electron chi connectivity index (χ4n) is 1.34. The average molecular weight is 303 g/mol. The molecule has 0 aliphatic heterocycles. The summed E-state index contributed by atoms with van der Waals surface area (Å²) in [7, 11) is 0. The zero-order chi connectivity index (χ0) is 12.0. The molecule has 0 bridgehead atoms. The molecule has 16 heavy (non-hydrogen) atoms. The van der Waals surface area contributed by atoms with E-state index in [1.165, 1.54) is 5.56 Å². The number of rotatable bonds is 6. The molecule has 1 aromatic carbocycles. The summed E-state index contributed by atoms with van der Waals surface area (Å²) in [6.45, 7) is 4.38. The Morgan fingerprint density at radius 2 is 1.94 bits per heavy atom. The molecule has 0 amide bonds. The SMILES string of the molecule is CCC(C)SCC(O)Cc1ccc(Br)cc1. The van der Waals surface area contributed by atoms with Crippen molar-refractivity contribution in [3.8, 4) is 0 Å². The summed E-state index contributed by atoms with van der Waals surface area (Å²) < 4.78 is 1.08. The molecule has 0 aliphatic rings. The third-order valence-electron chi connectivity index (χ3n) is 2.53. The van der Waals surface area contributed by atoms with Crippen LogP contribution in [0.15, 0.2) is 28.7 Å². The van der Waals surface area contributed by atoms with Gasteiger partial charge in [-0.2, -0.15) is 11.8 Å². The van der Waals surface area contributed by atoms with Gasteiger partial charge in [-0.05, 0) is 30.5 Å². The average Bonchev–Trinajstić information content (AvgIpc) is 2.29. The molecule has 0 saturated heterocycles. The van der Waals surface area contributed by atoms with Gasteiger partial charge in [0, 0.05) is 15.5 Å². The van der Waals surface area contributed by atoms with E-state index in [9.17, 15) is 5.11 Å². The van der Waals surface area contributed by atoms with Gasteiger partial charge in [-0.3, -0.25) is 0 Å². The Labute approximate surface area is 111 Å². The number of hydrogen-bond acceptors (Lipinski definition) is 2. The van der Waals surface area contributed by atoms with Crippen molar-refractivity contribution >= 4 is 27.7 Å². The van der Waals surface area contributed by atoms with Crippen LogP contribution >= 0.6 is 27.7 Å². The van der Waals surface area contributed by atoms with Crippen molar-refractivity contribution in [2.75, 3.05) is 5.75 Å². The molecule has 0 aromatic heterocycles. The Morgan fingerprint density at radius 3 is 2.50 bits per heavy atom. The van der Waals surface area contributed by atoms with Crippen molar-refractivity contribution in [3.05, 3.63) is 34.3 Å². The Hall–Kier alpha value is 0.01000. The second kappa shape index (κ2) is 7.36. The van der Waals surface area contributed by atoms with Gasteiger partial charge in [-0.15, -0.1) is 0 Å². The van der Waals surface area contributed by atoms with Gasteiger partial charge in [0.25, 0.3) is 0 Å². The molecule has 0 fully saturated rings. The maximum Gasteiger partial charge on any atom is 0.0670 e. The Bertz CT molecular complexity index is 299. The van der Waals surface area contributed by atoms with Gasteiger partial charge in [0.15, 0.2) is 0 Å². The molecule has 90 valence electrons. The van der Waals surface area contributed by atoms with Crippen LogP contribution in [0.3, 0.4) is 0 Å². The summed E-state index contributed by atoms with van der Waals surface area (Å²) in [5, 5.41) is 10.5. The molecule has 2 atom stereocenters. The first-order chi connectivity index (χ1) is 7.61. The lowest BCUT2D eigenvalue weighted by Crippen LogP contribution is -2.15. The summed E-state index contributed by atoms with van der Waals surface area (Å²) in [5.74, 6) is 0.824. The fraction of sp³-hybridized carbons (Fsp3) is 0.538. The highest BCUT2D eigenvalue weighted by Crippen LogP contribution is 2.17. The molecule has 1 N–H and O–H groups in total. The highest BCUT2D eigenvalue weighted by Gasteiger charge is 2.08. The molecular formula is C13H19BrOS. The Balaban J connectivity index is 2.33. The molecule has 0 spiro atoms. The molecular weight excluding hydrogens is 284 g/mol. The van der Waals surface area contributed by atoms with E-state index in [4.69, 9.17) is 0 Å². The van der Waals surface area contributed by atoms with Gasteiger partial charge in [0.05, 0.1) is 6.10 Å². The van der Waals surface area contributed by atoms with Gasteiger partial charge in [0.2, 0.25) is 0 Å². The first-order valence-corrected chi connectivity index (χ1v) is 7.50. The van der Waals surface area contributed by atoms with E-state index in [0.29, 0.717) is 5.25 Å². The molecule has 3 heteroatoms. The van der Waals surface area contributed by atoms with Crippen LogP contribution in [-0.2, 0) is 6.42 Å². The molecule has 1 aromatic rings. The topological polar surface area (TPSA) is 20.2 Å². The van der Waals surface area contributed by atoms with Crippen molar-refractivity contribution < 1.29 is 5.11 Å². The van der Waals surface area contributed by atoms with E-state index in [0.717, 1.165) is 23.1 Å². The maximum absolute atomic E-state index is 9.88. The van der Waals surface area contributed by atoms with E-state index >= 15 is 0 Å². The van der Waals surface area contributed by atoms with E-state index in [-0.39, 0.29) is 6.10 Å². The van der Waals surface area contributed by atoms with Crippen LogP contribution in [0.1, 0.15) is 25.8 Å². The largest absolute Gasteiger partial charge is 0.392 e. The summed E-state index contributed by atoms with van der Waals surface area (Å²) in [4.78, 5) is 0. The number of aliphatic hydroxyl groups excluding tert-OH is 1. The van der Waals surface area contributed by atoms with E-state index in [2.05, 4.69) is 41.9 Å². The monoisotopic (exact) mass is 302 g/mol. The van der Waals surface area contributed by atoms with Crippen LogP contribution in [0.5, 0.6) is 0 Å². The second-order valence-corrected chi connectivity index (χ2v) is 6.42. The van der Waals surface area contributed by atoms with Crippen LogP contribution in [0.2, 0.25) is 0 Å². The predicted octanol–water partition coefficient (Wildman–Crippen LogP) is 3.88. The third kappa shape index (κ3) is 5.37. The molecule has 0 heterocycles. The predicted molar refractivity (Wildman–Crippen MR) is 76.1 cm³/mol. The highest BCUT2D eigenvalue weighted by atomic mass is 79.9. The summed E-state index contributed by atoms with van der Waals surface area (Å²) in [6, 6.07) is 8.15. The van der Waals surface area contributed by atoms with Crippen LogP contribution in [0.25, 0.3) is 0 Å². The van der Waals surface area contributed by atoms with E-state index < -0.39 is 0 Å². The van der Waals surface area contributed by atoms with Gasteiger partial charge < -0.3 is 5.11 Å². The van der Waals surface area contributed by atoms with Gasteiger partial charge >= 0.3 is 0 Å². The van der Waals surface area contributed by atoms with Crippen molar-refractivity contribution in [2.45, 2.75) is 38.0 Å². The minimum absolute atomic E-state index is 0.236. The maximum atomic E-state index is 9.88. The van der Waals surface area contributed by atoms with Crippen molar-refractivity contribution in [1.29, 1.82) is 0 Å². The van der Waals surface area contributed by atoms with Crippen LogP contribution in [0.4, 0.5) is 0 Å². The minimum Gasteiger partial charge on any atom is -0.392 e. The number of halogens is 1. The molecule has 1 rings (SSSR count). The van der Waals surface area contributed by atoms with Crippen LogP contribution in [-0.4, -0.2) is 22.2 Å². The second-order valence-electron chi connectivity index (χ2n) is 4.04. The molecule has 1 nitrogen and oxygen atoms in total. The lowest BCUT2D eigenvalue weighted by Gasteiger charge is -2.13. The quantitative estimate of drug-likeness (QED) is 0.860. The smallest absolute Gasteiger partial charge is 0.0670 e. The number of thioether (sulfide) groups is 1. The zero-order valence-electron chi connectivity index (χ0n) is 9.82. The number of hydrogen-bond donors (Lipinski definition) is 1. The lowest BCUT2D eigenvalue weighted by atomic mass is 10.1. The normalized spacial score (nSPS) is 14.8. The lowest BCUT2D eigenvalue weighted by molar-refractivity contribution is 0.200. The molecule has 0 radical (unpaired) electrons. The van der Waals surface area contributed by atoms with Gasteiger partial charge in [0.1, 0.15) is 0 Å². The Kier molecular flexibility index (Phi) is 6.47. The fourth-order valence-corrected chi connectivity index (χ4v) is 2.51. The highest BCUT2D eigenvalue weighted by molar-refractivity contribution is 9.10. The first kappa shape index (κ1) is 14.1. The summed E-state index contributed by atoms with van der Waals surface area (Å²) >= 11 is 5.25. The summed E-state index contributed by atoms with van der Waals surface area (Å²) in [6.07, 6.45) is 1.67. The van der Waals surface area contributed by atoms with Crippen LogP contribution in [0, 0.1) is 0 Å². The van der Waals surface area contributed by atoms with E-state index in [1.807, 2.05) is 23.9 Å². The van der Waals surface area contributed by atoms with Crippen molar-refractivity contribution in [1.82, 2.24) is 0 Å². The summed E-state index contributed by atoms with van der Waals surface area (Å²) in [5.41, 5.74) is 1.19. The standard InChI is InChI=1S/C13H19BrOS/c1-3-10(2)16-9-13(15)8-11-4-6-12(14)7-5-11/h4-7,10,13,15H,3,8-9H2,1-2H3. The Morgan fingerprint density at radius 1 is 1.31 bits per heavy atom. The van der Waals surface area contributed by atoms with Gasteiger partial charge in [-0.25, -0.2) is 0 Å².